The van der Waals surface area contributed by atoms with Crippen molar-refractivity contribution in [3.05, 3.63) is 102 Å². The Morgan fingerprint density at radius 1 is 1.09 bits per heavy atom. The Balaban J connectivity index is 1.44. The molecule has 0 saturated heterocycles. The number of carbonyl (C=O) groups excluding carboxylic acids is 1. The first kappa shape index (κ1) is 20.8. The van der Waals surface area contributed by atoms with E-state index in [1.54, 1.807) is 55.4 Å². The molecule has 0 unspecified atom stereocenters. The zero-order chi connectivity index (χ0) is 22.2. The van der Waals surface area contributed by atoms with Crippen LogP contribution in [-0.2, 0) is 13.1 Å². The van der Waals surface area contributed by atoms with Gasteiger partial charge in [0, 0.05) is 54.7 Å². The molecule has 32 heavy (non-hydrogen) atoms. The van der Waals surface area contributed by atoms with Crippen LogP contribution in [0.2, 0.25) is 0 Å². The van der Waals surface area contributed by atoms with Crippen molar-refractivity contribution in [2.75, 3.05) is 0 Å². The molecule has 4 aromatic rings. The van der Waals surface area contributed by atoms with Crippen LogP contribution < -0.4 is 10.1 Å². The third kappa shape index (κ3) is 5.37. The molecular weight excluding hydrogens is 402 g/mol. The van der Waals surface area contributed by atoms with Gasteiger partial charge in [-0.1, -0.05) is 12.0 Å². The molecule has 1 aromatic carbocycles. The maximum absolute atomic E-state index is 12.7. The van der Waals surface area contributed by atoms with Gasteiger partial charge in [-0.3, -0.25) is 9.78 Å². The van der Waals surface area contributed by atoms with Crippen molar-refractivity contribution >= 4 is 5.91 Å². The van der Waals surface area contributed by atoms with E-state index in [1.807, 2.05) is 35.9 Å². The van der Waals surface area contributed by atoms with Gasteiger partial charge < -0.3 is 14.6 Å². The zero-order valence-electron chi connectivity index (χ0n) is 17.5. The number of amides is 1. The molecule has 0 fully saturated rings. The van der Waals surface area contributed by atoms with Crippen molar-refractivity contribution in [1.29, 1.82) is 0 Å². The van der Waals surface area contributed by atoms with Crippen LogP contribution in [0.15, 0.2) is 79.8 Å². The molecule has 3 aromatic heterocycles. The number of hydrogen-bond acceptors (Lipinski definition) is 5. The van der Waals surface area contributed by atoms with Crippen LogP contribution in [0, 0.1) is 18.8 Å². The number of hydrogen-bond donors (Lipinski definition) is 1. The van der Waals surface area contributed by atoms with Crippen molar-refractivity contribution in [2.45, 2.75) is 20.0 Å². The van der Waals surface area contributed by atoms with Crippen molar-refractivity contribution in [3.63, 3.8) is 0 Å². The lowest BCUT2D eigenvalue weighted by Crippen LogP contribution is -2.23. The van der Waals surface area contributed by atoms with E-state index < -0.39 is 0 Å². The number of imidazole rings is 1. The SMILES string of the molecule is Cc1c(Oc2ccnc(C#CCn3ccnc3)c2)cccc1C(=O)NCc1ccncc1. The summed E-state index contributed by atoms with van der Waals surface area (Å²) in [7, 11) is 0. The highest BCUT2D eigenvalue weighted by Crippen LogP contribution is 2.27. The third-order valence-electron chi connectivity index (χ3n) is 4.73. The lowest BCUT2D eigenvalue weighted by Gasteiger charge is -2.13. The maximum atomic E-state index is 12.7. The van der Waals surface area contributed by atoms with Crippen LogP contribution in [0.1, 0.15) is 27.2 Å². The van der Waals surface area contributed by atoms with Crippen LogP contribution in [-0.4, -0.2) is 25.4 Å². The van der Waals surface area contributed by atoms with Crippen LogP contribution >= 0.6 is 0 Å². The molecule has 158 valence electrons. The number of rotatable bonds is 6. The fraction of sp³-hybridized carbons (Fsp3) is 0.120. The summed E-state index contributed by atoms with van der Waals surface area (Å²) in [5.74, 6) is 7.13. The van der Waals surface area contributed by atoms with E-state index in [0.29, 0.717) is 35.8 Å². The smallest absolute Gasteiger partial charge is 0.251 e. The summed E-state index contributed by atoms with van der Waals surface area (Å²) in [6.45, 7) is 2.82. The number of ether oxygens (including phenoxy) is 1. The zero-order valence-corrected chi connectivity index (χ0v) is 17.5. The molecule has 0 aliphatic carbocycles. The fourth-order valence-electron chi connectivity index (χ4n) is 3.02. The van der Waals surface area contributed by atoms with E-state index >= 15 is 0 Å². The monoisotopic (exact) mass is 423 g/mol. The van der Waals surface area contributed by atoms with Crippen LogP contribution in [0.3, 0.4) is 0 Å². The summed E-state index contributed by atoms with van der Waals surface area (Å²) in [4.78, 5) is 24.9. The van der Waals surface area contributed by atoms with Gasteiger partial charge in [0.1, 0.15) is 17.2 Å². The Bertz CT molecular complexity index is 1260. The van der Waals surface area contributed by atoms with Gasteiger partial charge in [0.05, 0.1) is 12.9 Å². The molecule has 7 nitrogen and oxygen atoms in total. The summed E-state index contributed by atoms with van der Waals surface area (Å²) in [6.07, 6.45) is 10.3. The van der Waals surface area contributed by atoms with Gasteiger partial charge in [-0.25, -0.2) is 9.97 Å². The quantitative estimate of drug-likeness (QED) is 0.478. The number of carbonyl (C=O) groups is 1. The van der Waals surface area contributed by atoms with Crippen molar-refractivity contribution < 1.29 is 9.53 Å². The standard InChI is InChI=1S/C25H21N5O2/c1-19-23(25(31)29-17-20-7-10-26-11-8-20)5-2-6-24(19)32-22-9-12-28-21(16-22)4-3-14-30-15-13-27-18-30/h2,5-13,15-16,18H,14,17H2,1H3,(H,29,31). The molecule has 0 saturated carbocycles. The predicted octanol–water partition coefficient (Wildman–Crippen LogP) is 3.76. The fourth-order valence-corrected chi connectivity index (χ4v) is 3.02. The van der Waals surface area contributed by atoms with E-state index in [1.165, 1.54) is 0 Å². The predicted molar refractivity (Wildman–Crippen MR) is 120 cm³/mol. The van der Waals surface area contributed by atoms with Crippen LogP contribution in [0.4, 0.5) is 0 Å². The lowest BCUT2D eigenvalue weighted by molar-refractivity contribution is 0.0950. The molecule has 4 rings (SSSR count). The minimum absolute atomic E-state index is 0.162. The Labute approximate surface area is 186 Å². The topological polar surface area (TPSA) is 81.9 Å². The summed E-state index contributed by atoms with van der Waals surface area (Å²) < 4.78 is 7.92. The third-order valence-corrected chi connectivity index (χ3v) is 4.73. The lowest BCUT2D eigenvalue weighted by atomic mass is 10.1. The summed E-state index contributed by atoms with van der Waals surface area (Å²) in [5, 5.41) is 2.93. The average molecular weight is 423 g/mol. The molecule has 1 N–H and O–H groups in total. The van der Waals surface area contributed by atoms with Crippen LogP contribution in [0.5, 0.6) is 11.5 Å². The molecule has 0 aliphatic heterocycles. The number of aromatic nitrogens is 4. The highest BCUT2D eigenvalue weighted by atomic mass is 16.5. The second-order valence-electron chi connectivity index (χ2n) is 6.98. The van der Waals surface area contributed by atoms with E-state index in [-0.39, 0.29) is 5.91 Å². The normalized spacial score (nSPS) is 10.2. The molecule has 1 amide bonds. The largest absolute Gasteiger partial charge is 0.457 e. The van der Waals surface area contributed by atoms with E-state index in [2.05, 4.69) is 32.1 Å². The van der Waals surface area contributed by atoms with E-state index in [9.17, 15) is 4.79 Å². The Morgan fingerprint density at radius 2 is 1.97 bits per heavy atom. The van der Waals surface area contributed by atoms with Gasteiger partial charge in [0.25, 0.3) is 5.91 Å². The minimum Gasteiger partial charge on any atom is -0.457 e. The highest BCUT2D eigenvalue weighted by molar-refractivity contribution is 5.96. The van der Waals surface area contributed by atoms with Gasteiger partial charge >= 0.3 is 0 Å². The first-order valence-corrected chi connectivity index (χ1v) is 10.0. The minimum atomic E-state index is -0.162. The van der Waals surface area contributed by atoms with E-state index in [4.69, 9.17) is 4.74 Å². The average Bonchev–Trinajstić information content (AvgIpc) is 3.33. The molecule has 3 heterocycles. The van der Waals surface area contributed by atoms with Crippen molar-refractivity contribution in [3.8, 4) is 23.3 Å². The molecule has 0 spiro atoms. The van der Waals surface area contributed by atoms with Crippen LogP contribution in [0.25, 0.3) is 0 Å². The summed E-state index contributed by atoms with van der Waals surface area (Å²) >= 11 is 0. The molecule has 7 heteroatoms. The van der Waals surface area contributed by atoms with Gasteiger partial charge in [-0.15, -0.1) is 0 Å². The van der Waals surface area contributed by atoms with E-state index in [0.717, 1.165) is 11.1 Å². The number of pyridine rings is 2. The van der Waals surface area contributed by atoms with Crippen molar-refractivity contribution in [2.24, 2.45) is 0 Å². The molecule has 0 bridgehead atoms. The second kappa shape index (κ2) is 10.0. The number of nitrogens with one attached hydrogen (secondary N) is 1. The molecule has 0 radical (unpaired) electrons. The van der Waals surface area contributed by atoms with Gasteiger partial charge in [-0.2, -0.15) is 0 Å². The maximum Gasteiger partial charge on any atom is 0.251 e. The molecular formula is C25H21N5O2. The number of benzene rings is 1. The molecule has 0 aliphatic rings. The van der Waals surface area contributed by atoms with Crippen molar-refractivity contribution in [1.82, 2.24) is 24.8 Å². The van der Waals surface area contributed by atoms with Gasteiger partial charge in [-0.05, 0) is 48.7 Å². The van der Waals surface area contributed by atoms with Gasteiger partial charge in [0.2, 0.25) is 0 Å². The van der Waals surface area contributed by atoms with Gasteiger partial charge in [0.15, 0.2) is 0 Å². The second-order valence-corrected chi connectivity index (χ2v) is 6.98. The Morgan fingerprint density at radius 3 is 2.78 bits per heavy atom. The molecule has 0 atom stereocenters. The first-order valence-electron chi connectivity index (χ1n) is 10.0. The highest BCUT2D eigenvalue weighted by Gasteiger charge is 2.13. The first-order chi connectivity index (χ1) is 15.7. The Kier molecular flexibility index (Phi) is 6.54. The Hall–Kier alpha value is -4.44. The number of nitrogens with zero attached hydrogens (tertiary/aromatic N) is 4. The summed E-state index contributed by atoms with van der Waals surface area (Å²) in [6, 6.07) is 12.7. The summed E-state index contributed by atoms with van der Waals surface area (Å²) in [5.41, 5.74) is 2.90.